The van der Waals surface area contributed by atoms with Gasteiger partial charge in [0.15, 0.2) is 0 Å². The van der Waals surface area contributed by atoms with Gasteiger partial charge in [-0.1, -0.05) is 71.2 Å². The summed E-state index contributed by atoms with van der Waals surface area (Å²) in [5.74, 6) is 2.03. The maximum Gasteiger partial charge on any atom is 0.219 e. The zero-order valence-corrected chi connectivity index (χ0v) is 31.2. The van der Waals surface area contributed by atoms with Gasteiger partial charge in [-0.15, -0.1) is 0 Å². The average Bonchev–Trinajstić information content (AvgIpc) is 3.84. The number of benzene rings is 3. The van der Waals surface area contributed by atoms with Crippen molar-refractivity contribution in [3.63, 3.8) is 0 Å². The summed E-state index contributed by atoms with van der Waals surface area (Å²) in [6.45, 7) is 7.71. The van der Waals surface area contributed by atoms with Crippen molar-refractivity contribution < 1.29 is 28.8 Å². The summed E-state index contributed by atoms with van der Waals surface area (Å²) >= 11 is 12.7. The molecule has 0 aliphatic heterocycles. The topological polar surface area (TPSA) is 130 Å². The summed E-state index contributed by atoms with van der Waals surface area (Å²) in [5, 5.41) is 31.5. The molecular weight excluding hydrogens is 787 g/mol. The summed E-state index contributed by atoms with van der Waals surface area (Å²) in [7, 11) is 0. The molecule has 0 fully saturated rings. The Morgan fingerprint density at radius 3 is 1.41 bits per heavy atom. The molecule has 49 heavy (non-hydrogen) atoms. The van der Waals surface area contributed by atoms with E-state index < -0.39 is 35.5 Å². The van der Waals surface area contributed by atoms with E-state index in [9.17, 15) is 14.6 Å². The molecule has 0 amide bonds. The minimum atomic E-state index is -0.844. The maximum absolute atomic E-state index is 13.0. The Balaban J connectivity index is 0.000000230. The molecule has 262 valence electrons. The van der Waals surface area contributed by atoms with Crippen molar-refractivity contribution >= 4 is 43.5 Å². The van der Waals surface area contributed by atoms with Crippen molar-refractivity contribution in [1.82, 2.24) is 29.5 Å². The number of alkyl halides is 2. The lowest BCUT2D eigenvalue weighted by Crippen LogP contribution is -2.41. The molecule has 3 aromatic carbocycles. The van der Waals surface area contributed by atoms with Crippen LogP contribution in [0, 0.1) is 16.6 Å². The van der Waals surface area contributed by atoms with Crippen LogP contribution in [0.4, 0.5) is 4.39 Å². The molecule has 2 heterocycles. The molecule has 0 spiro atoms. The second-order valence-electron chi connectivity index (χ2n) is 12.4. The van der Waals surface area contributed by atoms with Crippen molar-refractivity contribution in [2.45, 2.75) is 52.4 Å². The highest BCUT2D eigenvalue weighted by atomic mass is 79.9. The van der Waals surface area contributed by atoms with Gasteiger partial charge in [-0.2, -0.15) is 10.2 Å². The molecule has 2 aromatic heterocycles. The number of ether oxygens (including phenoxy) is 3. The molecule has 11 nitrogen and oxygen atoms in total. The largest absolute Gasteiger partial charge is 0.466 e. The lowest BCUT2D eigenvalue weighted by Gasteiger charge is -2.34. The van der Waals surface area contributed by atoms with Crippen molar-refractivity contribution in [2.24, 2.45) is 10.8 Å². The fraction of sp³-hybridized carbons (Fsp3) is 0.353. The molecule has 0 saturated carbocycles. The van der Waals surface area contributed by atoms with Gasteiger partial charge in [-0.3, -0.25) is 0 Å². The smallest absolute Gasteiger partial charge is 0.219 e. The van der Waals surface area contributed by atoms with E-state index in [2.05, 4.69) is 52.0 Å². The van der Waals surface area contributed by atoms with Gasteiger partial charge in [0.25, 0.3) is 0 Å². The predicted octanol–water partition coefficient (Wildman–Crippen LogP) is 7.86. The zero-order chi connectivity index (χ0) is 35.6. The summed E-state index contributed by atoms with van der Waals surface area (Å²) in [4.78, 5) is 7.84. The normalized spacial score (nSPS) is 14.2. The van der Waals surface area contributed by atoms with Gasteiger partial charge >= 0.3 is 0 Å². The van der Waals surface area contributed by atoms with Crippen LogP contribution < -0.4 is 14.2 Å². The Kier molecular flexibility index (Phi) is 13.6. The van der Waals surface area contributed by atoms with Gasteiger partial charge in [0.2, 0.25) is 12.5 Å². The number of halogens is 4. The Bertz CT molecular complexity index is 1680. The van der Waals surface area contributed by atoms with Crippen LogP contribution in [0.3, 0.4) is 0 Å². The number of aromatic nitrogens is 6. The number of aliphatic hydroxyl groups is 2. The summed E-state index contributed by atoms with van der Waals surface area (Å²) < 4.78 is 33.5. The van der Waals surface area contributed by atoms with E-state index in [-0.39, 0.29) is 5.82 Å². The van der Waals surface area contributed by atoms with Crippen LogP contribution in [0.1, 0.15) is 40.2 Å². The molecule has 0 bridgehead atoms. The number of aliphatic hydroxyl groups excluding tert-OH is 2. The van der Waals surface area contributed by atoms with E-state index in [0.717, 1.165) is 0 Å². The molecule has 4 atom stereocenters. The highest BCUT2D eigenvalue weighted by Gasteiger charge is 2.38. The minimum absolute atomic E-state index is 0.346. The van der Waals surface area contributed by atoms with E-state index in [4.69, 9.17) is 25.8 Å². The average molecular weight is 825 g/mol. The lowest BCUT2D eigenvalue weighted by atomic mass is 9.88. The fourth-order valence-corrected chi connectivity index (χ4v) is 4.96. The maximum atomic E-state index is 13.0. The van der Waals surface area contributed by atoms with Gasteiger partial charge in [-0.05, 0) is 72.8 Å². The third kappa shape index (κ3) is 10.7. The molecule has 2 N–H and O–H groups in total. The van der Waals surface area contributed by atoms with E-state index in [1.54, 1.807) is 48.5 Å². The Morgan fingerprint density at radius 2 is 1.04 bits per heavy atom. The van der Waals surface area contributed by atoms with Crippen LogP contribution in [-0.4, -0.2) is 62.6 Å². The van der Waals surface area contributed by atoms with Crippen LogP contribution in [-0.2, 0) is 0 Å². The quantitative estimate of drug-likeness (QED) is 0.108. The molecule has 5 rings (SSSR count). The standard InChI is InChI=1S/C20H21BrClN3O3.C14H17BrFN3O2/c1-20(2,11-21)18(26)19(25-13-23-12-24-25)28-17-9-7-16(8-10-17)27-15-5-3-14(22)4-6-15;1-14(2,7-15)12(20)13(19-9-17-8-18-19)21-11-5-3-10(16)4-6-11/h3-10,12-13,18-19,26H,11H2,1-2H3;3-6,8-9,12-13,20H,7H2,1-2H3. The molecule has 4 unspecified atom stereocenters. The van der Waals surface area contributed by atoms with Crippen LogP contribution in [0.15, 0.2) is 98.1 Å². The molecule has 15 heteroatoms. The van der Waals surface area contributed by atoms with Crippen molar-refractivity contribution in [2.75, 3.05) is 10.7 Å². The minimum Gasteiger partial charge on any atom is -0.466 e. The second kappa shape index (κ2) is 17.4. The van der Waals surface area contributed by atoms with Gasteiger partial charge in [0.05, 0.1) is 0 Å². The first-order valence-electron chi connectivity index (χ1n) is 15.1. The van der Waals surface area contributed by atoms with Crippen molar-refractivity contribution in [3.8, 4) is 23.0 Å². The number of hydrogen-bond donors (Lipinski definition) is 2. The Hall–Kier alpha value is -3.56. The molecule has 0 radical (unpaired) electrons. The van der Waals surface area contributed by atoms with Crippen LogP contribution in [0.5, 0.6) is 23.0 Å². The third-order valence-electron chi connectivity index (χ3n) is 7.43. The molecule has 0 aliphatic rings. The van der Waals surface area contributed by atoms with E-state index in [0.29, 0.717) is 38.7 Å². The van der Waals surface area contributed by atoms with Gasteiger partial charge in [0, 0.05) is 26.5 Å². The van der Waals surface area contributed by atoms with Crippen LogP contribution >= 0.6 is 43.5 Å². The Morgan fingerprint density at radius 1 is 0.673 bits per heavy atom. The Labute approximate surface area is 306 Å². The predicted molar refractivity (Wildman–Crippen MR) is 191 cm³/mol. The molecule has 5 aromatic rings. The van der Waals surface area contributed by atoms with Crippen LogP contribution in [0.2, 0.25) is 5.02 Å². The van der Waals surface area contributed by atoms with E-state index in [1.807, 2.05) is 27.7 Å². The van der Waals surface area contributed by atoms with Gasteiger partial charge in [0.1, 0.15) is 66.3 Å². The first-order chi connectivity index (χ1) is 23.3. The third-order valence-corrected chi connectivity index (χ3v) is 10.6. The van der Waals surface area contributed by atoms with Gasteiger partial charge < -0.3 is 24.4 Å². The highest BCUT2D eigenvalue weighted by Crippen LogP contribution is 2.34. The molecular formula is C34H38Br2ClFN6O5. The lowest BCUT2D eigenvalue weighted by molar-refractivity contribution is -0.0711. The first-order valence-corrected chi connectivity index (χ1v) is 17.7. The van der Waals surface area contributed by atoms with Gasteiger partial charge in [-0.25, -0.2) is 23.7 Å². The van der Waals surface area contributed by atoms with Crippen molar-refractivity contribution in [1.29, 1.82) is 0 Å². The van der Waals surface area contributed by atoms with Crippen molar-refractivity contribution in [3.05, 3.63) is 109 Å². The number of rotatable bonds is 14. The van der Waals surface area contributed by atoms with Crippen LogP contribution in [0.25, 0.3) is 0 Å². The summed E-state index contributed by atoms with van der Waals surface area (Å²) in [6, 6.07) is 19.9. The van der Waals surface area contributed by atoms with E-state index >= 15 is 0 Å². The second-order valence-corrected chi connectivity index (χ2v) is 13.9. The monoisotopic (exact) mass is 822 g/mol. The summed E-state index contributed by atoms with van der Waals surface area (Å²) in [5.41, 5.74) is -0.884. The fourth-order valence-electron chi connectivity index (χ4n) is 4.17. The highest BCUT2D eigenvalue weighted by molar-refractivity contribution is 9.09. The summed E-state index contributed by atoms with van der Waals surface area (Å²) in [6.07, 6.45) is 2.63. The first kappa shape index (κ1) is 38.2. The number of hydrogen-bond acceptors (Lipinski definition) is 9. The molecule has 0 aliphatic carbocycles. The SMILES string of the molecule is CC(C)(CBr)C(O)C(Oc1ccc(F)cc1)n1cncn1.CC(C)(CBr)C(O)C(Oc1ccc(Oc2ccc(Cl)cc2)cc1)n1cncn1. The zero-order valence-electron chi connectivity index (χ0n) is 27.3. The number of nitrogens with zero attached hydrogens (tertiary/aromatic N) is 6. The van der Waals surface area contributed by atoms with E-state index in [1.165, 1.54) is 58.9 Å². The molecule has 0 saturated heterocycles.